The molecule has 0 aromatic rings. The normalized spacial score (nSPS) is 27.5. The fourth-order valence-electron chi connectivity index (χ4n) is 3.28. The molecule has 0 saturated carbocycles. The maximum atomic E-state index is 5.88. The van der Waals surface area contributed by atoms with Gasteiger partial charge in [-0.3, -0.25) is 9.80 Å². The number of nitrogens with two attached hydrogens (primary N) is 1. The summed E-state index contributed by atoms with van der Waals surface area (Å²) in [5.74, 6) is 0. The first-order valence-electron chi connectivity index (χ1n) is 8.00. The summed E-state index contributed by atoms with van der Waals surface area (Å²) in [6.07, 6.45) is 5.21. The van der Waals surface area contributed by atoms with Crippen molar-refractivity contribution >= 4 is 0 Å². The minimum atomic E-state index is 0.477. The van der Waals surface area contributed by atoms with Crippen LogP contribution in [0.5, 0.6) is 0 Å². The Morgan fingerprint density at radius 3 is 2.47 bits per heavy atom. The number of likely N-dealkylation sites (tertiary alicyclic amines) is 2. The summed E-state index contributed by atoms with van der Waals surface area (Å²) < 4.78 is 5.88. The summed E-state index contributed by atoms with van der Waals surface area (Å²) in [6, 6.07) is 1.48. The van der Waals surface area contributed by atoms with Crippen molar-refractivity contribution in [1.29, 1.82) is 0 Å². The largest absolute Gasteiger partial charge is 0.378 e. The summed E-state index contributed by atoms with van der Waals surface area (Å²) >= 11 is 0. The molecule has 0 bridgehead atoms. The first-order chi connectivity index (χ1) is 9.20. The van der Waals surface area contributed by atoms with Gasteiger partial charge in [0.2, 0.25) is 0 Å². The molecule has 2 heterocycles. The number of nitrogens with zero attached hydrogens (tertiary/aromatic N) is 2. The average Bonchev–Trinajstić information content (AvgIpc) is 2.90. The highest BCUT2D eigenvalue weighted by Gasteiger charge is 2.31. The van der Waals surface area contributed by atoms with E-state index in [4.69, 9.17) is 10.5 Å². The Morgan fingerprint density at radius 2 is 1.89 bits per heavy atom. The third-order valence-corrected chi connectivity index (χ3v) is 4.62. The fourth-order valence-corrected chi connectivity index (χ4v) is 3.28. The van der Waals surface area contributed by atoms with E-state index in [1.807, 2.05) is 0 Å². The van der Waals surface area contributed by atoms with Gasteiger partial charge >= 0.3 is 0 Å². The van der Waals surface area contributed by atoms with Crippen LogP contribution >= 0.6 is 0 Å². The van der Waals surface area contributed by atoms with Crippen LogP contribution in [0.25, 0.3) is 0 Å². The molecule has 2 saturated heterocycles. The van der Waals surface area contributed by atoms with Crippen LogP contribution in [0.2, 0.25) is 0 Å². The summed E-state index contributed by atoms with van der Waals surface area (Å²) in [4.78, 5) is 5.29. The Hall–Kier alpha value is -0.160. The van der Waals surface area contributed by atoms with Crippen LogP contribution in [-0.2, 0) is 4.74 Å². The molecule has 2 aliphatic rings. The summed E-state index contributed by atoms with van der Waals surface area (Å²) in [7, 11) is 0. The van der Waals surface area contributed by atoms with E-state index >= 15 is 0 Å². The molecule has 2 aliphatic heterocycles. The first-order valence-corrected chi connectivity index (χ1v) is 8.00. The van der Waals surface area contributed by atoms with Crippen LogP contribution in [0.1, 0.15) is 39.5 Å². The Labute approximate surface area is 118 Å². The Bertz CT molecular complexity index is 252. The number of ether oxygens (including phenoxy) is 1. The maximum Gasteiger partial charge on any atom is 0.0599 e. The molecule has 4 heteroatoms. The van der Waals surface area contributed by atoms with Gasteiger partial charge in [0.05, 0.1) is 6.10 Å². The van der Waals surface area contributed by atoms with Crippen LogP contribution in [-0.4, -0.2) is 67.3 Å². The second-order valence-corrected chi connectivity index (χ2v) is 6.28. The SMILES string of the molecule is CC(C)N1CCC(N2CCC(OCCCN)CC2)C1. The van der Waals surface area contributed by atoms with E-state index in [0.29, 0.717) is 12.1 Å². The molecule has 1 atom stereocenters. The van der Waals surface area contributed by atoms with Gasteiger partial charge in [-0.25, -0.2) is 0 Å². The zero-order valence-electron chi connectivity index (χ0n) is 12.7. The Balaban J connectivity index is 1.66. The van der Waals surface area contributed by atoms with Crippen molar-refractivity contribution in [2.45, 2.75) is 57.7 Å². The predicted molar refractivity (Wildman–Crippen MR) is 79.3 cm³/mol. The number of hydrogen-bond donors (Lipinski definition) is 1. The molecule has 112 valence electrons. The van der Waals surface area contributed by atoms with E-state index in [-0.39, 0.29) is 0 Å². The highest BCUT2D eigenvalue weighted by molar-refractivity contribution is 4.87. The maximum absolute atomic E-state index is 5.88. The van der Waals surface area contributed by atoms with Crippen molar-refractivity contribution in [3.63, 3.8) is 0 Å². The molecule has 0 aromatic heterocycles. The molecule has 0 aliphatic carbocycles. The van der Waals surface area contributed by atoms with Crippen LogP contribution in [0, 0.1) is 0 Å². The van der Waals surface area contributed by atoms with Gasteiger partial charge in [0.15, 0.2) is 0 Å². The first kappa shape index (κ1) is 15.2. The van der Waals surface area contributed by atoms with Gasteiger partial charge < -0.3 is 10.5 Å². The summed E-state index contributed by atoms with van der Waals surface area (Å²) in [5.41, 5.74) is 5.49. The van der Waals surface area contributed by atoms with Crippen LogP contribution in [0.3, 0.4) is 0 Å². The quantitative estimate of drug-likeness (QED) is 0.738. The van der Waals surface area contributed by atoms with Crippen molar-refractivity contribution in [3.8, 4) is 0 Å². The van der Waals surface area contributed by atoms with Crippen LogP contribution in [0.4, 0.5) is 0 Å². The van der Waals surface area contributed by atoms with Crippen molar-refractivity contribution in [2.24, 2.45) is 5.73 Å². The molecule has 2 rings (SSSR count). The average molecular weight is 269 g/mol. The zero-order valence-corrected chi connectivity index (χ0v) is 12.7. The highest BCUT2D eigenvalue weighted by Crippen LogP contribution is 2.22. The molecule has 0 radical (unpaired) electrons. The van der Waals surface area contributed by atoms with E-state index in [0.717, 1.165) is 25.6 Å². The van der Waals surface area contributed by atoms with E-state index in [1.54, 1.807) is 0 Å². The second kappa shape index (κ2) is 7.58. The minimum absolute atomic E-state index is 0.477. The van der Waals surface area contributed by atoms with Gasteiger partial charge in [-0.1, -0.05) is 0 Å². The summed E-state index contributed by atoms with van der Waals surface area (Å²) in [6.45, 7) is 11.1. The standard InChI is InChI=1S/C15H31N3O/c1-13(2)18-8-4-14(12-18)17-9-5-15(6-10-17)19-11-3-7-16/h13-15H,3-12,16H2,1-2H3. The molecule has 4 nitrogen and oxygen atoms in total. The molecular formula is C15H31N3O. The molecule has 1 unspecified atom stereocenters. The lowest BCUT2D eigenvalue weighted by Gasteiger charge is -2.36. The predicted octanol–water partition coefficient (Wildman–Crippen LogP) is 1.30. The fraction of sp³-hybridized carbons (Fsp3) is 1.00. The van der Waals surface area contributed by atoms with Crippen LogP contribution < -0.4 is 5.73 Å². The molecule has 0 spiro atoms. The zero-order chi connectivity index (χ0) is 13.7. The molecular weight excluding hydrogens is 238 g/mol. The Kier molecular flexibility index (Phi) is 6.07. The van der Waals surface area contributed by atoms with Gasteiger partial charge in [-0.15, -0.1) is 0 Å². The smallest absolute Gasteiger partial charge is 0.0599 e. The Morgan fingerprint density at radius 1 is 1.16 bits per heavy atom. The van der Waals surface area contributed by atoms with Gasteiger partial charge in [0.25, 0.3) is 0 Å². The minimum Gasteiger partial charge on any atom is -0.378 e. The second-order valence-electron chi connectivity index (χ2n) is 6.28. The van der Waals surface area contributed by atoms with Gasteiger partial charge in [-0.05, 0) is 46.1 Å². The molecule has 2 fully saturated rings. The van der Waals surface area contributed by atoms with Crippen LogP contribution in [0.15, 0.2) is 0 Å². The molecule has 2 N–H and O–H groups in total. The number of piperidine rings is 1. The van der Waals surface area contributed by atoms with Crippen molar-refractivity contribution in [2.75, 3.05) is 39.3 Å². The third kappa shape index (κ3) is 4.42. The monoisotopic (exact) mass is 269 g/mol. The van der Waals surface area contributed by atoms with Crippen molar-refractivity contribution < 1.29 is 4.74 Å². The topological polar surface area (TPSA) is 41.7 Å². The lowest BCUT2D eigenvalue weighted by Crippen LogP contribution is -2.45. The van der Waals surface area contributed by atoms with Crippen molar-refractivity contribution in [3.05, 3.63) is 0 Å². The molecule has 0 amide bonds. The highest BCUT2D eigenvalue weighted by atomic mass is 16.5. The lowest BCUT2D eigenvalue weighted by molar-refractivity contribution is -0.00150. The van der Waals surface area contributed by atoms with Gasteiger partial charge in [0.1, 0.15) is 0 Å². The third-order valence-electron chi connectivity index (χ3n) is 4.62. The molecule has 0 aromatic carbocycles. The van der Waals surface area contributed by atoms with E-state index in [1.165, 1.54) is 45.4 Å². The van der Waals surface area contributed by atoms with E-state index in [2.05, 4.69) is 23.6 Å². The number of rotatable bonds is 6. The number of hydrogen-bond acceptors (Lipinski definition) is 4. The van der Waals surface area contributed by atoms with E-state index in [9.17, 15) is 0 Å². The van der Waals surface area contributed by atoms with Gasteiger partial charge in [0, 0.05) is 44.9 Å². The van der Waals surface area contributed by atoms with E-state index < -0.39 is 0 Å². The lowest BCUT2D eigenvalue weighted by atomic mass is 10.0. The van der Waals surface area contributed by atoms with Gasteiger partial charge in [-0.2, -0.15) is 0 Å². The summed E-state index contributed by atoms with van der Waals surface area (Å²) in [5, 5.41) is 0. The molecule has 19 heavy (non-hydrogen) atoms. The van der Waals surface area contributed by atoms with Crippen molar-refractivity contribution in [1.82, 2.24) is 9.80 Å².